The van der Waals surface area contributed by atoms with E-state index in [0.29, 0.717) is 19.0 Å². The molecule has 4 aromatic rings. The van der Waals surface area contributed by atoms with Gasteiger partial charge in [0, 0.05) is 24.0 Å². The van der Waals surface area contributed by atoms with Crippen molar-refractivity contribution in [3.63, 3.8) is 0 Å². The first-order valence-corrected chi connectivity index (χ1v) is 10.0. The topological polar surface area (TPSA) is 77.5 Å². The molecule has 3 aromatic carbocycles. The third-order valence-electron chi connectivity index (χ3n) is 5.13. The highest BCUT2D eigenvalue weighted by Crippen LogP contribution is 2.32. The summed E-state index contributed by atoms with van der Waals surface area (Å²) in [5.41, 5.74) is 2.99. The molecule has 0 radical (unpaired) electrons. The predicted molar refractivity (Wildman–Crippen MR) is 120 cm³/mol. The number of anilines is 2. The lowest BCUT2D eigenvalue weighted by atomic mass is 10.2. The Hall–Kier alpha value is -4.00. The summed E-state index contributed by atoms with van der Waals surface area (Å²) in [4.78, 5) is 9.40. The first kappa shape index (κ1) is 19.0. The van der Waals surface area contributed by atoms with Gasteiger partial charge in [-0.1, -0.05) is 36.4 Å². The normalized spacial score (nSPS) is 12.0. The van der Waals surface area contributed by atoms with Crippen molar-refractivity contribution in [2.45, 2.75) is 13.1 Å². The summed E-state index contributed by atoms with van der Waals surface area (Å²) in [5.74, 6) is 3.70. The molecule has 1 aromatic heterocycles. The minimum atomic E-state index is 0.265. The van der Waals surface area contributed by atoms with Crippen molar-refractivity contribution in [1.82, 2.24) is 9.97 Å². The van der Waals surface area contributed by atoms with Crippen molar-refractivity contribution in [1.29, 1.82) is 0 Å². The number of methoxy groups -OCH3 is 1. The molecular weight excluding hydrogens is 392 g/mol. The van der Waals surface area contributed by atoms with Crippen molar-refractivity contribution < 1.29 is 14.2 Å². The summed E-state index contributed by atoms with van der Waals surface area (Å²) in [6.45, 7) is 1.43. The minimum absolute atomic E-state index is 0.265. The number of fused-ring (bicyclic) bond motifs is 2. The van der Waals surface area contributed by atoms with Crippen LogP contribution in [0.25, 0.3) is 10.9 Å². The van der Waals surface area contributed by atoms with Gasteiger partial charge in [0.2, 0.25) is 12.7 Å². The van der Waals surface area contributed by atoms with Crippen molar-refractivity contribution in [2.24, 2.45) is 0 Å². The summed E-state index contributed by atoms with van der Waals surface area (Å²) >= 11 is 0. The van der Waals surface area contributed by atoms with Gasteiger partial charge in [-0.3, -0.25) is 0 Å². The molecule has 7 nitrogen and oxygen atoms in total. The van der Waals surface area contributed by atoms with Crippen LogP contribution in [0, 0.1) is 0 Å². The van der Waals surface area contributed by atoms with Crippen molar-refractivity contribution in [3.8, 4) is 17.2 Å². The summed E-state index contributed by atoms with van der Waals surface area (Å²) in [6, 6.07) is 21.8. The molecule has 0 spiro atoms. The van der Waals surface area contributed by atoms with Gasteiger partial charge in [0.25, 0.3) is 0 Å². The van der Waals surface area contributed by atoms with E-state index in [1.807, 2.05) is 66.7 Å². The van der Waals surface area contributed by atoms with Gasteiger partial charge in [0.05, 0.1) is 12.6 Å². The van der Waals surface area contributed by atoms with Gasteiger partial charge >= 0.3 is 0 Å². The third kappa shape index (κ3) is 4.02. The number of hydrogen-bond acceptors (Lipinski definition) is 7. The number of rotatable bonds is 7. The van der Waals surface area contributed by atoms with Gasteiger partial charge in [-0.15, -0.1) is 0 Å². The Morgan fingerprint density at radius 1 is 0.871 bits per heavy atom. The maximum absolute atomic E-state index is 5.46. The summed E-state index contributed by atoms with van der Waals surface area (Å²) in [5, 5.41) is 7.73. The summed E-state index contributed by atoms with van der Waals surface area (Å²) in [7, 11) is 1.68. The van der Waals surface area contributed by atoms with Crippen LogP contribution in [0.4, 0.5) is 11.8 Å². The van der Waals surface area contributed by atoms with Crippen LogP contribution in [0.5, 0.6) is 17.2 Å². The fraction of sp³-hybridized carbons (Fsp3) is 0.167. The van der Waals surface area contributed by atoms with Crippen LogP contribution in [0.1, 0.15) is 11.1 Å². The highest BCUT2D eigenvalue weighted by atomic mass is 16.7. The molecule has 0 atom stereocenters. The van der Waals surface area contributed by atoms with Crippen LogP contribution in [-0.4, -0.2) is 23.9 Å². The van der Waals surface area contributed by atoms with Gasteiger partial charge in [-0.05, 0) is 35.9 Å². The van der Waals surface area contributed by atoms with Crippen LogP contribution in [0.15, 0.2) is 66.7 Å². The van der Waals surface area contributed by atoms with Crippen molar-refractivity contribution >= 4 is 22.7 Å². The Morgan fingerprint density at radius 2 is 1.71 bits per heavy atom. The lowest BCUT2D eigenvalue weighted by molar-refractivity contribution is 0.174. The lowest BCUT2D eigenvalue weighted by Gasteiger charge is -2.13. The Kier molecular flexibility index (Phi) is 5.14. The molecule has 0 saturated carbocycles. The fourth-order valence-electron chi connectivity index (χ4n) is 3.55. The number of hydrogen-bond donors (Lipinski definition) is 2. The molecule has 0 amide bonds. The summed E-state index contributed by atoms with van der Waals surface area (Å²) < 4.78 is 16.3. The first-order chi connectivity index (χ1) is 15.3. The van der Waals surface area contributed by atoms with E-state index in [-0.39, 0.29) is 6.79 Å². The molecule has 5 rings (SSSR count). The molecule has 31 heavy (non-hydrogen) atoms. The second-order valence-corrected chi connectivity index (χ2v) is 7.12. The fourth-order valence-corrected chi connectivity index (χ4v) is 3.55. The van der Waals surface area contributed by atoms with E-state index in [0.717, 1.165) is 45.1 Å². The number of nitrogens with zero attached hydrogens (tertiary/aromatic N) is 2. The molecule has 0 fully saturated rings. The van der Waals surface area contributed by atoms with Gasteiger partial charge in [0.15, 0.2) is 11.5 Å². The molecule has 1 aliphatic rings. The van der Waals surface area contributed by atoms with Gasteiger partial charge in [-0.2, -0.15) is 4.98 Å². The molecular formula is C24H22N4O3. The van der Waals surface area contributed by atoms with E-state index in [1.165, 1.54) is 0 Å². The van der Waals surface area contributed by atoms with Crippen LogP contribution in [0.3, 0.4) is 0 Å². The molecule has 0 aliphatic carbocycles. The molecule has 7 heteroatoms. The molecule has 0 saturated heterocycles. The summed E-state index contributed by atoms with van der Waals surface area (Å²) in [6.07, 6.45) is 0. The SMILES string of the molecule is COc1ccccc1CNc1nc(NCc2ccc3c(c2)OCO3)nc2ccccc12. The maximum Gasteiger partial charge on any atom is 0.231 e. The molecule has 156 valence electrons. The second kappa shape index (κ2) is 8.39. The lowest BCUT2D eigenvalue weighted by Crippen LogP contribution is -2.08. The zero-order valence-corrected chi connectivity index (χ0v) is 17.1. The average Bonchev–Trinajstić information content (AvgIpc) is 3.29. The van der Waals surface area contributed by atoms with Gasteiger partial charge < -0.3 is 24.8 Å². The van der Waals surface area contributed by atoms with Crippen LogP contribution in [-0.2, 0) is 13.1 Å². The van der Waals surface area contributed by atoms with E-state index in [4.69, 9.17) is 19.2 Å². The molecule has 1 aliphatic heterocycles. The van der Waals surface area contributed by atoms with Crippen molar-refractivity contribution in [2.75, 3.05) is 24.5 Å². The van der Waals surface area contributed by atoms with E-state index in [9.17, 15) is 0 Å². The Labute approximate surface area is 180 Å². The standard InChI is InChI=1S/C24H22N4O3/c1-29-20-9-5-2-6-17(20)14-25-23-18-7-3-4-8-19(18)27-24(28-23)26-13-16-10-11-21-22(12-16)31-15-30-21/h2-12H,13-15H2,1H3,(H2,25,26,27,28). The van der Waals surface area contributed by atoms with Crippen LogP contribution in [0.2, 0.25) is 0 Å². The maximum atomic E-state index is 5.46. The quantitative estimate of drug-likeness (QED) is 0.458. The van der Waals surface area contributed by atoms with E-state index >= 15 is 0 Å². The average molecular weight is 414 g/mol. The number of para-hydroxylation sites is 2. The zero-order valence-electron chi connectivity index (χ0n) is 17.1. The van der Waals surface area contributed by atoms with Crippen LogP contribution >= 0.6 is 0 Å². The Morgan fingerprint density at radius 3 is 2.65 bits per heavy atom. The first-order valence-electron chi connectivity index (χ1n) is 10.0. The molecule has 2 heterocycles. The molecule has 0 bridgehead atoms. The third-order valence-corrected chi connectivity index (χ3v) is 5.13. The smallest absolute Gasteiger partial charge is 0.231 e. The number of ether oxygens (including phenoxy) is 3. The Bertz CT molecular complexity index is 1230. The minimum Gasteiger partial charge on any atom is -0.496 e. The monoisotopic (exact) mass is 414 g/mol. The second-order valence-electron chi connectivity index (χ2n) is 7.12. The molecule has 0 unspecified atom stereocenters. The molecule has 2 N–H and O–H groups in total. The van der Waals surface area contributed by atoms with E-state index < -0.39 is 0 Å². The van der Waals surface area contributed by atoms with Crippen molar-refractivity contribution in [3.05, 3.63) is 77.9 Å². The number of aromatic nitrogens is 2. The Balaban J connectivity index is 1.38. The van der Waals surface area contributed by atoms with Gasteiger partial charge in [0.1, 0.15) is 11.6 Å². The van der Waals surface area contributed by atoms with Gasteiger partial charge in [-0.25, -0.2) is 4.98 Å². The zero-order chi connectivity index (χ0) is 21.0. The van der Waals surface area contributed by atoms with E-state index in [1.54, 1.807) is 7.11 Å². The largest absolute Gasteiger partial charge is 0.496 e. The van der Waals surface area contributed by atoms with E-state index in [2.05, 4.69) is 15.6 Å². The number of nitrogens with one attached hydrogen (secondary N) is 2. The predicted octanol–water partition coefficient (Wildman–Crippen LogP) is 4.59. The number of benzene rings is 3. The highest BCUT2D eigenvalue weighted by molar-refractivity contribution is 5.90. The van der Waals surface area contributed by atoms with Crippen LogP contribution < -0.4 is 24.8 Å². The highest BCUT2D eigenvalue weighted by Gasteiger charge is 2.14.